The first-order chi connectivity index (χ1) is 11.4. The third-order valence-electron chi connectivity index (χ3n) is 4.48. The molecule has 0 aromatic carbocycles. The maximum absolute atomic E-state index is 12.4. The van der Waals surface area contributed by atoms with Crippen molar-refractivity contribution in [2.75, 3.05) is 18.0 Å². The highest BCUT2D eigenvalue weighted by Crippen LogP contribution is 2.25. The summed E-state index contributed by atoms with van der Waals surface area (Å²) in [5.41, 5.74) is -0.0746. The fourth-order valence-electron chi connectivity index (χ4n) is 3.23. The number of rotatable bonds is 3. The molecule has 7 nitrogen and oxygen atoms in total. The second kappa shape index (κ2) is 6.47. The number of anilines is 1. The van der Waals surface area contributed by atoms with E-state index in [1.54, 1.807) is 14.0 Å². The van der Waals surface area contributed by atoms with Gasteiger partial charge in [0.25, 0.3) is 5.56 Å². The molecule has 0 aliphatic carbocycles. The first-order valence-electron chi connectivity index (χ1n) is 8.15. The van der Waals surface area contributed by atoms with Crippen LogP contribution in [0.25, 0.3) is 11.2 Å². The molecule has 3 rings (SSSR count). The topological polar surface area (TPSA) is 75.9 Å². The fraction of sp³-hybridized carbons (Fsp3) is 0.562. The molecule has 1 aliphatic rings. The van der Waals surface area contributed by atoms with Crippen molar-refractivity contribution in [3.63, 3.8) is 0 Å². The molecule has 2 aromatic rings. The molecule has 130 valence electrons. The second-order valence-electron chi connectivity index (χ2n) is 6.50. The van der Waals surface area contributed by atoms with E-state index in [0.717, 1.165) is 25.5 Å². The normalized spacial score (nSPS) is 19.2. The molecule has 0 unspecified atom stereocenters. The Balaban J connectivity index is 2.23. The summed E-state index contributed by atoms with van der Waals surface area (Å²) in [6.45, 7) is 6.23. The van der Waals surface area contributed by atoms with Crippen LogP contribution in [0.3, 0.4) is 0 Å². The van der Waals surface area contributed by atoms with Crippen molar-refractivity contribution in [1.29, 1.82) is 0 Å². The maximum Gasteiger partial charge on any atom is 0.329 e. The fourth-order valence-corrected chi connectivity index (χ4v) is 3.29. The van der Waals surface area contributed by atoms with Crippen LogP contribution in [0.4, 0.5) is 5.95 Å². The van der Waals surface area contributed by atoms with Crippen molar-refractivity contribution >= 4 is 28.7 Å². The van der Waals surface area contributed by atoms with Gasteiger partial charge in [-0.2, -0.15) is 4.98 Å². The van der Waals surface area contributed by atoms with Crippen molar-refractivity contribution in [2.24, 2.45) is 13.0 Å². The molecular formula is C16H22ClN5O2. The van der Waals surface area contributed by atoms with Crippen LogP contribution in [0.1, 0.15) is 26.7 Å². The predicted octanol–water partition coefficient (Wildman–Crippen LogP) is 1.80. The number of hydrogen-bond donors (Lipinski definition) is 1. The summed E-state index contributed by atoms with van der Waals surface area (Å²) in [5, 5.41) is 0.649. The predicted molar refractivity (Wildman–Crippen MR) is 95.8 cm³/mol. The second-order valence-corrected chi connectivity index (χ2v) is 7.09. The molecule has 1 atom stereocenters. The molecule has 0 saturated carbocycles. The summed E-state index contributed by atoms with van der Waals surface area (Å²) in [4.78, 5) is 33.4. The van der Waals surface area contributed by atoms with E-state index in [9.17, 15) is 9.59 Å². The van der Waals surface area contributed by atoms with Gasteiger partial charge in [-0.05, 0) is 25.7 Å². The highest BCUT2D eigenvalue weighted by atomic mass is 35.5. The average molecular weight is 352 g/mol. The number of halogens is 1. The third-order valence-corrected chi connectivity index (χ3v) is 4.64. The Labute approximate surface area is 144 Å². The third kappa shape index (κ3) is 3.00. The smallest absolute Gasteiger partial charge is 0.329 e. The number of hydrogen-bond acceptors (Lipinski definition) is 4. The van der Waals surface area contributed by atoms with Gasteiger partial charge in [0, 0.05) is 31.7 Å². The number of nitrogens with zero attached hydrogens (tertiary/aromatic N) is 4. The summed E-state index contributed by atoms with van der Waals surface area (Å²) in [7, 11) is 1.61. The van der Waals surface area contributed by atoms with E-state index < -0.39 is 11.2 Å². The zero-order valence-electron chi connectivity index (χ0n) is 14.2. The van der Waals surface area contributed by atoms with Gasteiger partial charge in [-0.1, -0.05) is 24.6 Å². The minimum absolute atomic E-state index is 0.401. The molecule has 2 aromatic heterocycles. The Morgan fingerprint density at radius 1 is 1.46 bits per heavy atom. The van der Waals surface area contributed by atoms with Crippen molar-refractivity contribution in [3.05, 3.63) is 31.9 Å². The van der Waals surface area contributed by atoms with Crippen molar-refractivity contribution in [1.82, 2.24) is 19.1 Å². The average Bonchev–Trinajstić information content (AvgIpc) is 2.91. The van der Waals surface area contributed by atoms with E-state index in [-0.39, 0.29) is 0 Å². The highest BCUT2D eigenvalue weighted by Gasteiger charge is 2.24. The first kappa shape index (κ1) is 16.8. The van der Waals surface area contributed by atoms with E-state index in [4.69, 9.17) is 11.6 Å². The van der Waals surface area contributed by atoms with Crippen LogP contribution < -0.4 is 16.1 Å². The van der Waals surface area contributed by atoms with Crippen LogP contribution in [0.5, 0.6) is 0 Å². The molecule has 0 radical (unpaired) electrons. The summed E-state index contributed by atoms with van der Waals surface area (Å²) >= 11 is 5.98. The van der Waals surface area contributed by atoms with Gasteiger partial charge in [0.15, 0.2) is 11.2 Å². The van der Waals surface area contributed by atoms with Crippen LogP contribution in [0.15, 0.2) is 20.7 Å². The van der Waals surface area contributed by atoms with Crippen molar-refractivity contribution in [2.45, 2.75) is 33.2 Å². The minimum atomic E-state index is -0.459. The lowest BCUT2D eigenvalue weighted by atomic mass is 10.0. The lowest BCUT2D eigenvalue weighted by Gasteiger charge is -2.31. The zero-order chi connectivity index (χ0) is 17.4. The van der Waals surface area contributed by atoms with E-state index >= 15 is 0 Å². The Hall–Kier alpha value is -2.02. The quantitative estimate of drug-likeness (QED) is 0.914. The zero-order valence-corrected chi connectivity index (χ0v) is 14.9. The maximum atomic E-state index is 12.4. The van der Waals surface area contributed by atoms with Crippen molar-refractivity contribution in [3.8, 4) is 0 Å². The summed E-state index contributed by atoms with van der Waals surface area (Å²) in [6.07, 6.45) is 4.12. The van der Waals surface area contributed by atoms with Gasteiger partial charge in [-0.3, -0.25) is 14.3 Å². The number of fused-ring (bicyclic) bond motifs is 1. The summed E-state index contributed by atoms with van der Waals surface area (Å²) < 4.78 is 3.22. The van der Waals surface area contributed by atoms with Gasteiger partial charge in [0.1, 0.15) is 0 Å². The standard InChI is InChI=1S/C16H22ClN5O2/c1-10-5-4-7-21(9-10)15-18-13-12(22(15)8-6-11(2)17)14(23)19-16(24)20(13)3/h6,10H,4-5,7-9H2,1-3H3,(H,19,23,24)/b11-6-/t10-/m0/s1. The minimum Gasteiger partial charge on any atom is -0.342 e. The molecule has 1 saturated heterocycles. The largest absolute Gasteiger partial charge is 0.342 e. The molecule has 0 spiro atoms. The molecule has 1 fully saturated rings. The van der Waals surface area contributed by atoms with E-state index in [2.05, 4.69) is 21.8 Å². The number of aromatic amines is 1. The van der Waals surface area contributed by atoms with Gasteiger partial charge in [-0.25, -0.2) is 4.79 Å². The Bertz CT molecular complexity index is 904. The van der Waals surface area contributed by atoms with E-state index in [0.29, 0.717) is 28.7 Å². The van der Waals surface area contributed by atoms with Gasteiger partial charge >= 0.3 is 5.69 Å². The van der Waals surface area contributed by atoms with E-state index in [1.165, 1.54) is 11.0 Å². The van der Waals surface area contributed by atoms with Crippen LogP contribution in [0, 0.1) is 5.92 Å². The van der Waals surface area contributed by atoms with E-state index in [1.807, 2.05) is 10.6 Å². The first-order valence-corrected chi connectivity index (χ1v) is 8.53. The molecule has 0 bridgehead atoms. The molecular weight excluding hydrogens is 330 g/mol. The number of imidazole rings is 1. The number of H-pyrrole nitrogens is 1. The monoisotopic (exact) mass is 351 g/mol. The number of aryl methyl sites for hydroxylation is 1. The van der Waals surface area contributed by atoms with Gasteiger partial charge < -0.3 is 9.47 Å². The highest BCUT2D eigenvalue weighted by molar-refractivity contribution is 6.29. The SMILES string of the molecule is C/C(Cl)=C/Cn1c(N2CCC[C@H](C)C2)nc2c1c(=O)[nH]c(=O)n2C. The Morgan fingerprint density at radius 2 is 2.21 bits per heavy atom. The number of nitrogens with one attached hydrogen (secondary N) is 1. The van der Waals surface area contributed by atoms with Crippen LogP contribution in [0.2, 0.25) is 0 Å². The number of piperidine rings is 1. The molecule has 3 heterocycles. The molecule has 24 heavy (non-hydrogen) atoms. The molecule has 1 N–H and O–H groups in total. The van der Waals surface area contributed by atoms with Gasteiger partial charge in [0.2, 0.25) is 5.95 Å². The van der Waals surface area contributed by atoms with Crippen molar-refractivity contribution < 1.29 is 0 Å². The van der Waals surface area contributed by atoms with Crippen LogP contribution >= 0.6 is 11.6 Å². The lowest BCUT2D eigenvalue weighted by Crippen LogP contribution is -2.36. The van der Waals surface area contributed by atoms with Gasteiger partial charge in [0.05, 0.1) is 0 Å². The summed E-state index contributed by atoms with van der Waals surface area (Å²) in [5.74, 6) is 1.29. The lowest BCUT2D eigenvalue weighted by molar-refractivity contribution is 0.439. The Morgan fingerprint density at radius 3 is 2.88 bits per heavy atom. The van der Waals surface area contributed by atoms with Gasteiger partial charge in [-0.15, -0.1) is 0 Å². The summed E-state index contributed by atoms with van der Waals surface area (Å²) in [6, 6.07) is 0. The Kier molecular flexibility index (Phi) is 4.54. The number of aromatic nitrogens is 4. The molecule has 0 amide bonds. The van der Waals surface area contributed by atoms with Crippen LogP contribution in [-0.2, 0) is 13.6 Å². The van der Waals surface area contributed by atoms with Crippen LogP contribution in [-0.4, -0.2) is 32.2 Å². The molecule has 1 aliphatic heterocycles. The number of allylic oxidation sites excluding steroid dienone is 2. The molecule has 8 heteroatoms.